The molecule has 152 valence electrons. The van der Waals surface area contributed by atoms with E-state index in [1.807, 2.05) is 30.3 Å². The van der Waals surface area contributed by atoms with Crippen molar-refractivity contribution in [2.75, 3.05) is 41.4 Å². The van der Waals surface area contributed by atoms with Crippen molar-refractivity contribution in [1.82, 2.24) is 0 Å². The number of para-hydroxylation sites is 2. The van der Waals surface area contributed by atoms with Gasteiger partial charge in [-0.25, -0.2) is 0 Å². The number of rotatable bonds is 4. The molecule has 2 aliphatic heterocycles. The van der Waals surface area contributed by atoms with Crippen LogP contribution in [0.15, 0.2) is 42.5 Å². The van der Waals surface area contributed by atoms with Gasteiger partial charge in [0.2, 0.25) is 11.8 Å². The lowest BCUT2D eigenvalue weighted by Crippen LogP contribution is -2.38. The van der Waals surface area contributed by atoms with E-state index in [0.29, 0.717) is 28.8 Å². The standard InChI is InChI=1S/C22H24ClN3O3/c23-16-8-9-18(25-11-4-1-5-12-25)17(14-16)24-21(27)15-26-19-6-2-3-7-20(19)29-13-10-22(26)28/h2-3,6-9,14H,1,4-5,10-13,15H2,(H,24,27). The van der Waals surface area contributed by atoms with Crippen molar-refractivity contribution in [3.05, 3.63) is 47.5 Å². The molecular weight excluding hydrogens is 390 g/mol. The molecule has 0 radical (unpaired) electrons. The van der Waals surface area contributed by atoms with Gasteiger partial charge in [-0.3, -0.25) is 14.5 Å². The first-order chi connectivity index (χ1) is 14.1. The second-order valence-electron chi connectivity index (χ2n) is 7.30. The molecule has 2 aromatic carbocycles. The van der Waals surface area contributed by atoms with Crippen LogP contribution in [0.1, 0.15) is 25.7 Å². The van der Waals surface area contributed by atoms with Crippen LogP contribution in [0, 0.1) is 0 Å². The number of halogens is 1. The predicted octanol–water partition coefficient (Wildman–Crippen LogP) is 4.08. The van der Waals surface area contributed by atoms with Crippen LogP contribution in [0.3, 0.4) is 0 Å². The molecule has 0 spiro atoms. The van der Waals surface area contributed by atoms with Gasteiger partial charge in [-0.1, -0.05) is 23.7 Å². The van der Waals surface area contributed by atoms with E-state index in [2.05, 4.69) is 10.2 Å². The fourth-order valence-electron chi connectivity index (χ4n) is 3.85. The van der Waals surface area contributed by atoms with Crippen LogP contribution in [0.25, 0.3) is 0 Å². The average molecular weight is 414 g/mol. The topological polar surface area (TPSA) is 61.9 Å². The number of carbonyl (C=O) groups excluding carboxylic acids is 2. The Kier molecular flexibility index (Phi) is 5.90. The number of anilines is 3. The van der Waals surface area contributed by atoms with Gasteiger partial charge in [0, 0.05) is 18.1 Å². The summed E-state index contributed by atoms with van der Waals surface area (Å²) in [4.78, 5) is 29.2. The largest absolute Gasteiger partial charge is 0.491 e. The van der Waals surface area contributed by atoms with E-state index in [9.17, 15) is 9.59 Å². The first-order valence-electron chi connectivity index (χ1n) is 9.98. The second kappa shape index (κ2) is 8.74. The zero-order chi connectivity index (χ0) is 20.2. The molecular formula is C22H24ClN3O3. The summed E-state index contributed by atoms with van der Waals surface area (Å²) in [6.45, 7) is 2.15. The highest BCUT2D eigenvalue weighted by molar-refractivity contribution is 6.31. The summed E-state index contributed by atoms with van der Waals surface area (Å²) >= 11 is 6.19. The first-order valence-corrected chi connectivity index (χ1v) is 10.4. The lowest BCUT2D eigenvalue weighted by molar-refractivity contribution is -0.121. The third-order valence-corrected chi connectivity index (χ3v) is 5.50. The SMILES string of the molecule is O=C(CN1C(=O)CCOc2ccccc21)Nc1cc(Cl)ccc1N1CCCCC1. The molecule has 6 nitrogen and oxygen atoms in total. The molecule has 0 unspecified atom stereocenters. The van der Waals surface area contributed by atoms with Crippen molar-refractivity contribution >= 4 is 40.5 Å². The maximum absolute atomic E-state index is 12.9. The van der Waals surface area contributed by atoms with E-state index >= 15 is 0 Å². The number of nitrogens with zero attached hydrogens (tertiary/aromatic N) is 2. The van der Waals surface area contributed by atoms with E-state index in [4.69, 9.17) is 16.3 Å². The molecule has 29 heavy (non-hydrogen) atoms. The van der Waals surface area contributed by atoms with Gasteiger partial charge in [0.15, 0.2) is 0 Å². The van der Waals surface area contributed by atoms with Crippen LogP contribution < -0.4 is 19.9 Å². The Morgan fingerprint density at radius 1 is 1.07 bits per heavy atom. The molecule has 1 N–H and O–H groups in total. The van der Waals surface area contributed by atoms with Crippen molar-refractivity contribution < 1.29 is 14.3 Å². The van der Waals surface area contributed by atoms with Crippen LogP contribution in [-0.2, 0) is 9.59 Å². The van der Waals surface area contributed by atoms with Crippen molar-refractivity contribution in [2.24, 2.45) is 0 Å². The number of hydrogen-bond donors (Lipinski definition) is 1. The Bertz CT molecular complexity index is 912. The summed E-state index contributed by atoms with van der Waals surface area (Å²) in [7, 11) is 0. The molecule has 0 aliphatic carbocycles. The summed E-state index contributed by atoms with van der Waals surface area (Å²) < 4.78 is 5.64. The zero-order valence-corrected chi connectivity index (χ0v) is 17.0. The number of carbonyl (C=O) groups is 2. The van der Waals surface area contributed by atoms with Gasteiger partial charge >= 0.3 is 0 Å². The quantitative estimate of drug-likeness (QED) is 0.820. The molecule has 2 amide bonds. The molecule has 0 aromatic heterocycles. The normalized spacial score (nSPS) is 16.7. The molecule has 1 saturated heterocycles. The number of nitrogens with one attached hydrogen (secondary N) is 1. The molecule has 7 heteroatoms. The fourth-order valence-corrected chi connectivity index (χ4v) is 4.02. The number of hydrogen-bond acceptors (Lipinski definition) is 4. The van der Waals surface area contributed by atoms with E-state index in [0.717, 1.165) is 31.6 Å². The lowest BCUT2D eigenvalue weighted by Gasteiger charge is -2.31. The number of ether oxygens (including phenoxy) is 1. The summed E-state index contributed by atoms with van der Waals surface area (Å²) in [6, 6.07) is 12.8. The predicted molar refractivity (Wildman–Crippen MR) is 115 cm³/mol. The van der Waals surface area contributed by atoms with Crippen molar-refractivity contribution in [2.45, 2.75) is 25.7 Å². The third kappa shape index (κ3) is 4.48. The van der Waals surface area contributed by atoms with Crippen molar-refractivity contribution in [3.63, 3.8) is 0 Å². The first kappa shape index (κ1) is 19.6. The Morgan fingerprint density at radius 3 is 2.69 bits per heavy atom. The monoisotopic (exact) mass is 413 g/mol. The summed E-state index contributed by atoms with van der Waals surface area (Å²) in [5.41, 5.74) is 2.26. The third-order valence-electron chi connectivity index (χ3n) is 5.26. The molecule has 0 saturated carbocycles. The molecule has 2 aromatic rings. The van der Waals surface area contributed by atoms with Gasteiger partial charge in [-0.2, -0.15) is 0 Å². The number of fused-ring (bicyclic) bond motifs is 1. The minimum atomic E-state index is -0.268. The van der Waals surface area contributed by atoms with Crippen LogP contribution in [0.5, 0.6) is 5.75 Å². The molecule has 2 heterocycles. The zero-order valence-electron chi connectivity index (χ0n) is 16.2. The smallest absolute Gasteiger partial charge is 0.244 e. The van der Waals surface area contributed by atoms with E-state index in [1.54, 1.807) is 12.1 Å². The maximum Gasteiger partial charge on any atom is 0.244 e. The Morgan fingerprint density at radius 2 is 1.86 bits per heavy atom. The summed E-state index contributed by atoms with van der Waals surface area (Å²) in [6.07, 6.45) is 3.73. The number of piperidine rings is 1. The van der Waals surface area contributed by atoms with Crippen LogP contribution in [0.2, 0.25) is 5.02 Å². The van der Waals surface area contributed by atoms with Gasteiger partial charge in [0.05, 0.1) is 30.1 Å². The van der Waals surface area contributed by atoms with E-state index in [1.165, 1.54) is 11.3 Å². The fraction of sp³-hybridized carbons (Fsp3) is 0.364. The highest BCUT2D eigenvalue weighted by Crippen LogP contribution is 2.33. The highest BCUT2D eigenvalue weighted by Gasteiger charge is 2.25. The van der Waals surface area contributed by atoms with Crippen LogP contribution >= 0.6 is 11.6 Å². The maximum atomic E-state index is 12.9. The van der Waals surface area contributed by atoms with Crippen LogP contribution in [-0.4, -0.2) is 38.1 Å². The highest BCUT2D eigenvalue weighted by atomic mass is 35.5. The van der Waals surface area contributed by atoms with Gasteiger partial charge < -0.3 is 15.0 Å². The number of benzene rings is 2. The molecule has 2 aliphatic rings. The molecule has 1 fully saturated rings. The Labute approximate surface area is 175 Å². The van der Waals surface area contributed by atoms with Gasteiger partial charge in [-0.15, -0.1) is 0 Å². The summed E-state index contributed by atoms with van der Waals surface area (Å²) in [5, 5.41) is 3.53. The van der Waals surface area contributed by atoms with Crippen LogP contribution in [0.4, 0.5) is 17.1 Å². The minimum Gasteiger partial charge on any atom is -0.491 e. The van der Waals surface area contributed by atoms with Gasteiger partial charge in [0.25, 0.3) is 0 Å². The lowest BCUT2D eigenvalue weighted by atomic mass is 10.1. The average Bonchev–Trinajstić information content (AvgIpc) is 2.88. The molecule has 0 bridgehead atoms. The van der Waals surface area contributed by atoms with Crippen molar-refractivity contribution in [3.8, 4) is 5.75 Å². The molecule has 4 rings (SSSR count). The number of amides is 2. The Balaban J connectivity index is 1.54. The summed E-state index contributed by atoms with van der Waals surface area (Å²) in [5.74, 6) is 0.214. The van der Waals surface area contributed by atoms with Gasteiger partial charge in [-0.05, 0) is 49.6 Å². The van der Waals surface area contributed by atoms with E-state index < -0.39 is 0 Å². The molecule has 0 atom stereocenters. The Hall–Kier alpha value is -2.73. The second-order valence-corrected chi connectivity index (χ2v) is 7.74. The van der Waals surface area contributed by atoms with Crippen molar-refractivity contribution in [1.29, 1.82) is 0 Å². The van der Waals surface area contributed by atoms with E-state index in [-0.39, 0.29) is 24.8 Å². The minimum absolute atomic E-state index is 0.0782. The van der Waals surface area contributed by atoms with Gasteiger partial charge in [0.1, 0.15) is 12.3 Å².